The van der Waals surface area contributed by atoms with E-state index >= 15 is 0 Å². The van der Waals surface area contributed by atoms with Crippen LogP contribution < -0.4 is 14.8 Å². The molecule has 124 valence electrons. The smallest absolute Gasteiger partial charge is 0.262 e. The quantitative estimate of drug-likeness (QED) is 0.846. The van der Waals surface area contributed by atoms with E-state index in [4.69, 9.17) is 16.3 Å². The third kappa shape index (κ3) is 3.05. The van der Waals surface area contributed by atoms with Gasteiger partial charge in [0.25, 0.3) is 5.91 Å². The Balaban J connectivity index is 1.64. The first kappa shape index (κ1) is 15.2. The van der Waals surface area contributed by atoms with Gasteiger partial charge in [-0.15, -0.1) is 0 Å². The third-order valence-corrected chi connectivity index (χ3v) is 6.43. The topological polar surface area (TPSA) is 84.5 Å². The Kier molecular flexibility index (Phi) is 3.55. The molecule has 2 N–H and O–H groups in total. The van der Waals surface area contributed by atoms with E-state index in [0.29, 0.717) is 23.3 Å². The van der Waals surface area contributed by atoms with E-state index < -0.39 is 10.0 Å². The molecule has 0 aromatic heterocycles. The fourth-order valence-corrected chi connectivity index (χ4v) is 4.93. The predicted octanol–water partition coefficient (Wildman–Crippen LogP) is 2.14. The molecule has 0 spiro atoms. The summed E-state index contributed by atoms with van der Waals surface area (Å²) in [5.41, 5.74) is 0.395. The fraction of sp³-hybridized carbons (Fsp3) is 0.533. The Hall–Kier alpha value is -1.31. The SMILES string of the molecule is O=C1COc2cc(S(=O)(=O)NC(C3CC3)C3CC3)c(Cl)cc2N1. The second kappa shape index (κ2) is 5.36. The fourth-order valence-electron chi connectivity index (χ4n) is 3.02. The van der Waals surface area contributed by atoms with E-state index in [1.807, 2.05) is 0 Å². The summed E-state index contributed by atoms with van der Waals surface area (Å²) in [6.45, 7) is -0.131. The summed E-state index contributed by atoms with van der Waals surface area (Å²) in [7, 11) is -3.72. The van der Waals surface area contributed by atoms with E-state index in [0.717, 1.165) is 25.7 Å². The van der Waals surface area contributed by atoms with Gasteiger partial charge in [0.1, 0.15) is 10.6 Å². The van der Waals surface area contributed by atoms with Crippen LogP contribution in [0.1, 0.15) is 25.7 Å². The molecule has 2 fully saturated rings. The minimum atomic E-state index is -3.72. The molecule has 0 unspecified atom stereocenters. The minimum Gasteiger partial charge on any atom is -0.482 e. The Labute approximate surface area is 139 Å². The van der Waals surface area contributed by atoms with Crippen molar-refractivity contribution in [2.45, 2.75) is 36.6 Å². The average molecular weight is 357 g/mol. The van der Waals surface area contributed by atoms with Gasteiger partial charge in [-0.25, -0.2) is 13.1 Å². The number of fused-ring (bicyclic) bond motifs is 1. The summed E-state index contributed by atoms with van der Waals surface area (Å²) in [6, 6.07) is 2.81. The van der Waals surface area contributed by atoms with Crippen molar-refractivity contribution in [3.63, 3.8) is 0 Å². The maximum absolute atomic E-state index is 12.7. The van der Waals surface area contributed by atoms with E-state index in [1.165, 1.54) is 12.1 Å². The van der Waals surface area contributed by atoms with Crippen molar-refractivity contribution >= 4 is 33.2 Å². The normalized spacial score (nSPS) is 20.9. The van der Waals surface area contributed by atoms with Gasteiger partial charge in [0.05, 0.1) is 10.7 Å². The molecule has 1 heterocycles. The highest BCUT2D eigenvalue weighted by molar-refractivity contribution is 7.89. The maximum atomic E-state index is 12.7. The van der Waals surface area contributed by atoms with E-state index in [-0.39, 0.29) is 28.5 Å². The van der Waals surface area contributed by atoms with Crippen LogP contribution >= 0.6 is 11.6 Å². The van der Waals surface area contributed by atoms with Crippen molar-refractivity contribution in [1.82, 2.24) is 4.72 Å². The highest BCUT2D eigenvalue weighted by Crippen LogP contribution is 2.45. The number of hydrogen-bond donors (Lipinski definition) is 2. The summed E-state index contributed by atoms with van der Waals surface area (Å²) in [6.07, 6.45) is 4.32. The largest absolute Gasteiger partial charge is 0.482 e. The van der Waals surface area contributed by atoms with Crippen molar-refractivity contribution in [2.75, 3.05) is 11.9 Å². The van der Waals surface area contributed by atoms with Crippen LogP contribution in [0.5, 0.6) is 5.75 Å². The molecule has 3 aliphatic rings. The number of anilines is 1. The lowest BCUT2D eigenvalue weighted by Crippen LogP contribution is -2.38. The average Bonchev–Trinajstić information content (AvgIpc) is 3.37. The molecule has 1 amide bonds. The van der Waals surface area contributed by atoms with Gasteiger partial charge in [-0.05, 0) is 43.6 Å². The number of carbonyl (C=O) groups is 1. The number of rotatable bonds is 5. The van der Waals surface area contributed by atoms with Gasteiger partial charge in [-0.1, -0.05) is 11.6 Å². The zero-order valence-corrected chi connectivity index (χ0v) is 13.9. The lowest BCUT2D eigenvalue weighted by Gasteiger charge is -2.21. The number of carbonyl (C=O) groups excluding carboxylic acids is 1. The molecule has 0 bridgehead atoms. The standard InChI is InChI=1S/C15H17ClN2O4S/c16-10-5-11-12(22-7-14(19)17-11)6-13(10)23(20,21)18-15(8-1-2-8)9-3-4-9/h5-6,8-9,15,18H,1-4,7H2,(H,17,19). The Morgan fingerprint density at radius 3 is 2.48 bits per heavy atom. The molecular formula is C15H17ClN2O4S. The van der Waals surface area contributed by atoms with Crippen LogP contribution in [0.15, 0.2) is 17.0 Å². The first-order valence-corrected chi connectivity index (χ1v) is 9.59. The second-order valence-corrected chi connectivity index (χ2v) is 8.53. The molecule has 8 heteroatoms. The zero-order chi connectivity index (χ0) is 16.2. The molecular weight excluding hydrogens is 340 g/mol. The van der Waals surface area contributed by atoms with Gasteiger partial charge in [0, 0.05) is 12.1 Å². The van der Waals surface area contributed by atoms with Crippen molar-refractivity contribution in [1.29, 1.82) is 0 Å². The molecule has 0 saturated heterocycles. The van der Waals surface area contributed by atoms with Crippen LogP contribution in [0.25, 0.3) is 0 Å². The molecule has 4 rings (SSSR count). The highest BCUT2D eigenvalue weighted by atomic mass is 35.5. The first-order chi connectivity index (χ1) is 10.9. The van der Waals surface area contributed by atoms with Crippen molar-refractivity contribution in [2.24, 2.45) is 11.8 Å². The number of benzene rings is 1. The van der Waals surface area contributed by atoms with Gasteiger partial charge in [0.15, 0.2) is 6.61 Å². The van der Waals surface area contributed by atoms with Crippen molar-refractivity contribution in [3.05, 3.63) is 17.2 Å². The van der Waals surface area contributed by atoms with Crippen LogP contribution in [0.2, 0.25) is 5.02 Å². The third-order valence-electron chi connectivity index (χ3n) is 4.51. The summed E-state index contributed by atoms with van der Waals surface area (Å²) in [4.78, 5) is 11.3. The molecule has 1 aromatic rings. The van der Waals surface area contributed by atoms with Crippen LogP contribution in [0.4, 0.5) is 5.69 Å². The second-order valence-electron chi connectivity index (χ2n) is 6.44. The summed E-state index contributed by atoms with van der Waals surface area (Å²) >= 11 is 6.14. The first-order valence-electron chi connectivity index (χ1n) is 7.72. The van der Waals surface area contributed by atoms with E-state index in [9.17, 15) is 13.2 Å². The zero-order valence-electron chi connectivity index (χ0n) is 12.3. The molecule has 2 aliphatic carbocycles. The predicted molar refractivity (Wildman–Crippen MR) is 85.1 cm³/mol. The van der Waals surface area contributed by atoms with Gasteiger partial charge in [-0.3, -0.25) is 4.79 Å². The molecule has 1 aromatic carbocycles. The van der Waals surface area contributed by atoms with E-state index in [2.05, 4.69) is 10.0 Å². The van der Waals surface area contributed by atoms with Crippen molar-refractivity contribution in [3.8, 4) is 5.75 Å². The van der Waals surface area contributed by atoms with Crippen molar-refractivity contribution < 1.29 is 17.9 Å². The van der Waals surface area contributed by atoms with Gasteiger partial charge >= 0.3 is 0 Å². The highest BCUT2D eigenvalue weighted by Gasteiger charge is 2.43. The van der Waals surface area contributed by atoms with Gasteiger partial charge in [-0.2, -0.15) is 0 Å². The lowest BCUT2D eigenvalue weighted by molar-refractivity contribution is -0.118. The number of sulfonamides is 1. The summed E-state index contributed by atoms with van der Waals surface area (Å²) in [5.74, 6) is 0.932. The minimum absolute atomic E-state index is 0.000339. The molecule has 0 radical (unpaired) electrons. The number of amides is 1. The Bertz CT molecular complexity index is 760. The van der Waals surface area contributed by atoms with Crippen LogP contribution in [-0.2, 0) is 14.8 Å². The molecule has 1 aliphatic heterocycles. The summed E-state index contributed by atoms with van der Waals surface area (Å²) < 4.78 is 33.6. The van der Waals surface area contributed by atoms with E-state index in [1.54, 1.807) is 0 Å². The monoisotopic (exact) mass is 356 g/mol. The van der Waals surface area contributed by atoms with Crippen LogP contribution in [0, 0.1) is 11.8 Å². The Morgan fingerprint density at radius 1 is 1.22 bits per heavy atom. The molecule has 23 heavy (non-hydrogen) atoms. The number of ether oxygens (including phenoxy) is 1. The lowest BCUT2D eigenvalue weighted by atomic mass is 10.1. The van der Waals surface area contributed by atoms with Crippen LogP contribution in [0.3, 0.4) is 0 Å². The molecule has 6 nitrogen and oxygen atoms in total. The Morgan fingerprint density at radius 2 is 1.87 bits per heavy atom. The number of nitrogens with one attached hydrogen (secondary N) is 2. The van der Waals surface area contributed by atoms with Gasteiger partial charge in [0.2, 0.25) is 10.0 Å². The summed E-state index contributed by atoms with van der Waals surface area (Å²) in [5, 5.41) is 2.69. The number of halogens is 1. The maximum Gasteiger partial charge on any atom is 0.262 e. The number of hydrogen-bond acceptors (Lipinski definition) is 4. The van der Waals surface area contributed by atoms with Crippen LogP contribution in [-0.4, -0.2) is 27.0 Å². The molecule has 2 saturated carbocycles. The molecule has 0 atom stereocenters. The van der Waals surface area contributed by atoms with Gasteiger partial charge < -0.3 is 10.1 Å².